The van der Waals surface area contributed by atoms with Crippen LogP contribution in [0.2, 0.25) is 0 Å². The van der Waals surface area contributed by atoms with Gasteiger partial charge in [-0.25, -0.2) is 4.79 Å². The van der Waals surface area contributed by atoms with Gasteiger partial charge in [0.25, 0.3) is 5.91 Å². The van der Waals surface area contributed by atoms with Crippen LogP contribution < -0.4 is 5.32 Å². The first-order chi connectivity index (χ1) is 13.2. The molecule has 5 heteroatoms. The second-order valence-corrected chi connectivity index (χ2v) is 6.84. The van der Waals surface area contributed by atoms with Gasteiger partial charge in [-0.15, -0.1) is 0 Å². The molecule has 0 bridgehead atoms. The van der Waals surface area contributed by atoms with Crippen LogP contribution in [0.25, 0.3) is 11.3 Å². The number of ether oxygens (including phenoxy) is 1. The number of hydrogen-bond donors (Lipinski definition) is 1. The predicted octanol–water partition coefficient (Wildman–Crippen LogP) is 3.78. The van der Waals surface area contributed by atoms with Crippen molar-refractivity contribution < 1.29 is 14.3 Å². The average molecular weight is 362 g/mol. The van der Waals surface area contributed by atoms with E-state index in [9.17, 15) is 9.59 Å². The number of nitrogens with zero attached hydrogens (tertiary/aromatic N) is 1. The third kappa shape index (κ3) is 3.21. The topological polar surface area (TPSA) is 58.6 Å². The zero-order chi connectivity index (χ0) is 18.8. The Bertz CT molecular complexity index is 912. The molecule has 1 saturated heterocycles. The molecule has 1 fully saturated rings. The van der Waals surface area contributed by atoms with Gasteiger partial charge in [0.15, 0.2) is 0 Å². The van der Waals surface area contributed by atoms with E-state index in [2.05, 4.69) is 10.2 Å². The molecule has 0 aliphatic carbocycles. The Morgan fingerprint density at radius 2 is 1.74 bits per heavy atom. The maximum atomic E-state index is 12.9. The lowest BCUT2D eigenvalue weighted by Gasteiger charge is -2.32. The van der Waals surface area contributed by atoms with Gasteiger partial charge in [-0.1, -0.05) is 36.4 Å². The summed E-state index contributed by atoms with van der Waals surface area (Å²) in [6.45, 7) is 1.88. The van der Waals surface area contributed by atoms with Crippen LogP contribution >= 0.6 is 0 Å². The van der Waals surface area contributed by atoms with E-state index >= 15 is 0 Å². The first-order valence-corrected chi connectivity index (χ1v) is 9.28. The molecule has 0 saturated carbocycles. The van der Waals surface area contributed by atoms with Crippen LogP contribution in [0.15, 0.2) is 48.5 Å². The first kappa shape index (κ1) is 17.3. The van der Waals surface area contributed by atoms with E-state index in [4.69, 9.17) is 4.74 Å². The van der Waals surface area contributed by atoms with E-state index in [0.717, 1.165) is 42.8 Å². The Balaban J connectivity index is 1.87. The number of esters is 1. The third-order valence-corrected chi connectivity index (χ3v) is 5.14. The molecule has 2 aliphatic rings. The number of anilines is 1. The molecular weight excluding hydrogens is 340 g/mol. The highest BCUT2D eigenvalue weighted by molar-refractivity contribution is 6.36. The number of nitrogens with one attached hydrogen (secondary N) is 1. The monoisotopic (exact) mass is 362 g/mol. The summed E-state index contributed by atoms with van der Waals surface area (Å²) in [4.78, 5) is 27.1. The van der Waals surface area contributed by atoms with Crippen LogP contribution in [-0.4, -0.2) is 37.0 Å². The number of hydrogen-bond acceptors (Lipinski definition) is 4. The van der Waals surface area contributed by atoms with Crippen molar-refractivity contribution in [1.29, 1.82) is 0 Å². The maximum Gasteiger partial charge on any atom is 0.337 e. The number of fused-ring (bicyclic) bond motifs is 1. The molecule has 4 rings (SSSR count). The van der Waals surface area contributed by atoms with E-state index in [1.807, 2.05) is 36.4 Å². The number of likely N-dealkylation sites (tertiary alicyclic amines) is 1. The van der Waals surface area contributed by atoms with E-state index in [1.165, 1.54) is 13.5 Å². The lowest BCUT2D eigenvalue weighted by atomic mass is 9.97. The van der Waals surface area contributed by atoms with E-state index in [0.29, 0.717) is 16.8 Å². The summed E-state index contributed by atoms with van der Waals surface area (Å²) in [5.74, 6) is -0.541. The van der Waals surface area contributed by atoms with Crippen molar-refractivity contribution in [3.05, 3.63) is 65.2 Å². The minimum atomic E-state index is -0.413. The summed E-state index contributed by atoms with van der Waals surface area (Å²) in [5.41, 5.74) is 4.60. The van der Waals surface area contributed by atoms with E-state index < -0.39 is 5.97 Å². The number of amides is 1. The second-order valence-electron chi connectivity index (χ2n) is 6.84. The van der Waals surface area contributed by atoms with Crippen molar-refractivity contribution in [3.8, 4) is 0 Å². The summed E-state index contributed by atoms with van der Waals surface area (Å²) in [6.07, 6.45) is 3.47. The van der Waals surface area contributed by atoms with Gasteiger partial charge in [-0.05, 0) is 37.0 Å². The standard InChI is InChI=1S/C22H22N2O3/c1-27-22(26)16-10-11-17-18(14-16)23-21(25)19(17)20(15-8-4-2-5-9-15)24-12-6-3-7-13-24/h2,4-5,8-11,14H,3,6-7,12-13H2,1H3,(H,23,25)/b20-19+. The Morgan fingerprint density at radius 1 is 1.00 bits per heavy atom. The molecule has 0 radical (unpaired) electrons. The minimum Gasteiger partial charge on any atom is -0.465 e. The molecule has 5 nitrogen and oxygen atoms in total. The molecule has 0 unspecified atom stereocenters. The smallest absolute Gasteiger partial charge is 0.337 e. The number of carbonyl (C=O) groups excluding carboxylic acids is 2. The molecule has 1 amide bonds. The minimum absolute atomic E-state index is 0.128. The number of piperidine rings is 1. The SMILES string of the molecule is COC(=O)c1ccc2c(c1)NC(=O)/C2=C(\c1ccccc1)N1CCCCC1. The zero-order valence-electron chi connectivity index (χ0n) is 15.3. The maximum absolute atomic E-state index is 12.9. The van der Waals surface area contributed by atoms with Gasteiger partial charge in [0, 0.05) is 18.7 Å². The molecule has 27 heavy (non-hydrogen) atoms. The van der Waals surface area contributed by atoms with Gasteiger partial charge in [0.2, 0.25) is 0 Å². The van der Waals surface area contributed by atoms with Gasteiger partial charge in [-0.2, -0.15) is 0 Å². The molecule has 0 spiro atoms. The van der Waals surface area contributed by atoms with E-state index in [-0.39, 0.29) is 5.91 Å². The molecule has 2 heterocycles. The molecule has 0 aromatic heterocycles. The van der Waals surface area contributed by atoms with Crippen LogP contribution in [0.4, 0.5) is 5.69 Å². The summed E-state index contributed by atoms with van der Waals surface area (Å²) < 4.78 is 4.79. The summed E-state index contributed by atoms with van der Waals surface area (Å²) >= 11 is 0. The predicted molar refractivity (Wildman–Crippen MR) is 105 cm³/mol. The normalized spacial score (nSPS) is 18.0. The van der Waals surface area contributed by atoms with Gasteiger partial charge < -0.3 is 15.0 Å². The lowest BCUT2D eigenvalue weighted by Crippen LogP contribution is -2.29. The van der Waals surface area contributed by atoms with Crippen molar-refractivity contribution in [1.82, 2.24) is 4.90 Å². The van der Waals surface area contributed by atoms with Crippen molar-refractivity contribution in [2.45, 2.75) is 19.3 Å². The Labute approximate surface area is 158 Å². The van der Waals surface area contributed by atoms with Gasteiger partial charge in [0.1, 0.15) is 0 Å². The van der Waals surface area contributed by atoms with Crippen molar-refractivity contribution >= 4 is 28.8 Å². The van der Waals surface area contributed by atoms with E-state index in [1.54, 1.807) is 12.1 Å². The molecule has 2 aromatic carbocycles. The number of rotatable bonds is 3. The molecule has 2 aromatic rings. The molecule has 2 aliphatic heterocycles. The largest absolute Gasteiger partial charge is 0.465 e. The summed E-state index contributed by atoms with van der Waals surface area (Å²) in [5, 5.41) is 2.92. The van der Waals surface area contributed by atoms with Gasteiger partial charge in [0.05, 0.1) is 29.6 Å². The molecule has 138 valence electrons. The number of carbonyl (C=O) groups is 2. The average Bonchev–Trinajstić information content (AvgIpc) is 3.04. The fourth-order valence-electron chi connectivity index (χ4n) is 3.85. The number of methoxy groups -OCH3 is 1. The van der Waals surface area contributed by atoms with Crippen LogP contribution in [-0.2, 0) is 9.53 Å². The van der Waals surface area contributed by atoms with Crippen LogP contribution in [0.3, 0.4) is 0 Å². The lowest BCUT2D eigenvalue weighted by molar-refractivity contribution is -0.110. The van der Waals surface area contributed by atoms with Crippen LogP contribution in [0.1, 0.15) is 40.7 Å². The van der Waals surface area contributed by atoms with Gasteiger partial charge >= 0.3 is 5.97 Å². The number of benzene rings is 2. The Kier molecular flexibility index (Phi) is 4.67. The fraction of sp³-hybridized carbons (Fsp3) is 0.273. The third-order valence-electron chi connectivity index (χ3n) is 5.14. The van der Waals surface area contributed by atoms with Crippen molar-refractivity contribution in [3.63, 3.8) is 0 Å². The highest BCUT2D eigenvalue weighted by Crippen LogP contribution is 2.39. The van der Waals surface area contributed by atoms with Crippen molar-refractivity contribution in [2.75, 3.05) is 25.5 Å². The first-order valence-electron chi connectivity index (χ1n) is 9.28. The fourth-order valence-corrected chi connectivity index (χ4v) is 3.85. The van der Waals surface area contributed by atoms with Crippen molar-refractivity contribution in [2.24, 2.45) is 0 Å². The second kappa shape index (κ2) is 7.27. The van der Waals surface area contributed by atoms with Crippen LogP contribution in [0.5, 0.6) is 0 Å². The highest BCUT2D eigenvalue weighted by atomic mass is 16.5. The Morgan fingerprint density at radius 3 is 2.44 bits per heavy atom. The highest BCUT2D eigenvalue weighted by Gasteiger charge is 2.31. The molecular formula is C22H22N2O3. The van der Waals surface area contributed by atoms with Gasteiger partial charge in [-0.3, -0.25) is 4.79 Å². The summed E-state index contributed by atoms with van der Waals surface area (Å²) in [6, 6.07) is 15.3. The molecule has 0 atom stereocenters. The molecule has 1 N–H and O–H groups in total. The summed E-state index contributed by atoms with van der Waals surface area (Å²) in [7, 11) is 1.35. The zero-order valence-corrected chi connectivity index (χ0v) is 15.3. The van der Waals surface area contributed by atoms with Crippen LogP contribution in [0, 0.1) is 0 Å². The quantitative estimate of drug-likeness (QED) is 0.667. The Hall–Kier alpha value is -3.08.